The summed E-state index contributed by atoms with van der Waals surface area (Å²) in [7, 11) is 3.12. The monoisotopic (exact) mass is 520 g/mol. The SMILES string of the molecule is CN(C)[C@H]1C(=O)C(C(N)=O)C(=O)[C@]2(O)C(=O)C3C(=O)c4c(O)ccc(C#CC5CCCCC5)c4C[C@@H]3C[C@H]12. The van der Waals surface area contributed by atoms with Gasteiger partial charge in [0.2, 0.25) is 5.91 Å². The number of hydrogen-bond donors (Lipinski definition) is 3. The van der Waals surface area contributed by atoms with Crippen molar-refractivity contribution in [2.75, 3.05) is 14.1 Å². The fourth-order valence-corrected chi connectivity index (χ4v) is 7.15. The number of carbonyl (C=O) groups excluding carboxylic acids is 5. The Morgan fingerprint density at radius 2 is 1.76 bits per heavy atom. The molecule has 9 heteroatoms. The number of phenols is 1. The van der Waals surface area contributed by atoms with Gasteiger partial charge in [-0.25, -0.2) is 0 Å². The largest absolute Gasteiger partial charge is 0.507 e. The molecule has 0 saturated heterocycles. The lowest BCUT2D eigenvalue weighted by Gasteiger charge is -2.52. The maximum Gasteiger partial charge on any atom is 0.235 e. The van der Waals surface area contributed by atoms with E-state index in [9.17, 15) is 34.2 Å². The molecular formula is C29H32N2O7. The molecular weight excluding hydrogens is 488 g/mol. The molecule has 1 aromatic rings. The van der Waals surface area contributed by atoms with Gasteiger partial charge in [-0.1, -0.05) is 31.1 Å². The Hall–Kier alpha value is -3.35. The third-order valence-electron chi connectivity index (χ3n) is 8.96. The average molecular weight is 521 g/mol. The number of ketones is 4. The summed E-state index contributed by atoms with van der Waals surface area (Å²) in [6, 6.07) is 1.93. The summed E-state index contributed by atoms with van der Waals surface area (Å²) < 4.78 is 0. The maximum absolute atomic E-state index is 13.8. The average Bonchev–Trinajstić information content (AvgIpc) is 2.86. The Kier molecular flexibility index (Phi) is 6.52. The first-order valence-corrected chi connectivity index (χ1v) is 13.2. The number of primary amides is 1. The second-order valence-electron chi connectivity index (χ2n) is 11.4. The number of fused-ring (bicyclic) bond motifs is 3. The van der Waals surface area contributed by atoms with Crippen molar-refractivity contribution >= 4 is 29.0 Å². The van der Waals surface area contributed by atoms with Gasteiger partial charge >= 0.3 is 0 Å². The van der Waals surface area contributed by atoms with Crippen LogP contribution in [0.2, 0.25) is 0 Å². The highest BCUT2D eigenvalue weighted by Crippen LogP contribution is 2.51. The molecule has 3 saturated carbocycles. The fourth-order valence-electron chi connectivity index (χ4n) is 7.15. The number of nitrogens with zero attached hydrogens (tertiary/aromatic N) is 1. The number of aromatic hydroxyl groups is 1. The van der Waals surface area contributed by atoms with Gasteiger partial charge in [0.1, 0.15) is 5.75 Å². The van der Waals surface area contributed by atoms with Crippen LogP contribution in [0, 0.1) is 41.4 Å². The van der Waals surface area contributed by atoms with Crippen LogP contribution in [-0.2, 0) is 25.6 Å². The fraction of sp³-hybridized carbons (Fsp3) is 0.552. The molecule has 4 N–H and O–H groups in total. The zero-order chi connectivity index (χ0) is 27.5. The van der Waals surface area contributed by atoms with Crippen LogP contribution in [0.5, 0.6) is 5.75 Å². The Morgan fingerprint density at radius 1 is 1.08 bits per heavy atom. The van der Waals surface area contributed by atoms with E-state index >= 15 is 0 Å². The van der Waals surface area contributed by atoms with Gasteiger partial charge in [0.15, 0.2) is 34.7 Å². The van der Waals surface area contributed by atoms with Crippen molar-refractivity contribution in [3.8, 4) is 17.6 Å². The van der Waals surface area contributed by atoms with Crippen LogP contribution in [0.15, 0.2) is 12.1 Å². The summed E-state index contributed by atoms with van der Waals surface area (Å²) in [4.78, 5) is 67.6. The van der Waals surface area contributed by atoms with Crippen LogP contribution < -0.4 is 5.73 Å². The summed E-state index contributed by atoms with van der Waals surface area (Å²) in [5, 5.41) is 22.3. The highest BCUT2D eigenvalue weighted by atomic mass is 16.3. The molecule has 38 heavy (non-hydrogen) atoms. The normalized spacial score (nSPS) is 33.2. The number of amides is 1. The number of carbonyl (C=O) groups is 5. The summed E-state index contributed by atoms with van der Waals surface area (Å²) in [5.41, 5.74) is 3.76. The van der Waals surface area contributed by atoms with Crippen LogP contribution in [0.3, 0.4) is 0 Å². The van der Waals surface area contributed by atoms with E-state index in [2.05, 4.69) is 11.8 Å². The number of likely N-dealkylation sites (N-methyl/N-ethyl adjacent to an activating group) is 1. The molecule has 0 radical (unpaired) electrons. The van der Waals surface area contributed by atoms with Crippen molar-refractivity contribution < 1.29 is 34.2 Å². The minimum Gasteiger partial charge on any atom is -0.507 e. The Balaban J connectivity index is 1.58. The van der Waals surface area contributed by atoms with E-state index < -0.39 is 64.4 Å². The van der Waals surface area contributed by atoms with Crippen LogP contribution in [0.1, 0.15) is 60.0 Å². The van der Waals surface area contributed by atoms with E-state index in [1.54, 1.807) is 20.2 Å². The Bertz CT molecular complexity index is 1320. The lowest BCUT2D eigenvalue weighted by Crippen LogP contribution is -2.74. The molecule has 1 amide bonds. The molecule has 4 aliphatic rings. The minimum atomic E-state index is -2.72. The number of nitrogens with two attached hydrogens (primary N) is 1. The first-order chi connectivity index (χ1) is 18.0. The highest BCUT2D eigenvalue weighted by Gasteiger charge is 2.69. The molecule has 0 heterocycles. The lowest BCUT2D eigenvalue weighted by molar-refractivity contribution is -0.181. The molecule has 9 nitrogen and oxygen atoms in total. The van der Waals surface area contributed by atoms with Gasteiger partial charge < -0.3 is 15.9 Å². The molecule has 200 valence electrons. The Morgan fingerprint density at radius 3 is 2.39 bits per heavy atom. The number of phenolic OH excluding ortho intramolecular Hbond substituents is 1. The molecule has 3 fully saturated rings. The zero-order valence-electron chi connectivity index (χ0n) is 21.5. The van der Waals surface area contributed by atoms with E-state index in [0.29, 0.717) is 11.1 Å². The molecule has 6 atom stereocenters. The topological polar surface area (TPSA) is 155 Å². The number of Topliss-reactive ketones (excluding diaryl/α,β-unsaturated/α-hetero) is 4. The summed E-state index contributed by atoms with van der Waals surface area (Å²) >= 11 is 0. The smallest absolute Gasteiger partial charge is 0.235 e. The third-order valence-corrected chi connectivity index (χ3v) is 8.96. The van der Waals surface area contributed by atoms with E-state index in [1.807, 2.05) is 0 Å². The van der Waals surface area contributed by atoms with Gasteiger partial charge in [-0.3, -0.25) is 28.9 Å². The molecule has 0 aromatic heterocycles. The van der Waals surface area contributed by atoms with Gasteiger partial charge in [0.05, 0.1) is 17.5 Å². The zero-order valence-corrected chi connectivity index (χ0v) is 21.5. The second kappa shape index (κ2) is 9.44. The van der Waals surface area contributed by atoms with Gasteiger partial charge in [-0.05, 0) is 63.4 Å². The van der Waals surface area contributed by atoms with E-state index in [1.165, 1.54) is 17.4 Å². The number of benzene rings is 1. The van der Waals surface area contributed by atoms with Crippen molar-refractivity contribution in [1.82, 2.24) is 4.90 Å². The lowest BCUT2D eigenvalue weighted by atomic mass is 9.52. The summed E-state index contributed by atoms with van der Waals surface area (Å²) in [6.07, 6.45) is 5.73. The Labute approximate surface area is 220 Å². The van der Waals surface area contributed by atoms with E-state index in [4.69, 9.17) is 5.73 Å². The number of rotatable bonds is 2. The molecule has 0 aliphatic heterocycles. The molecule has 0 spiro atoms. The second-order valence-corrected chi connectivity index (χ2v) is 11.4. The standard InChI is InChI=1S/C29H32N2O7/c1-31(2)23-18-13-16-12-17-15(9-8-14-6-4-3-5-7-14)10-11-19(32)21(17)24(33)20(16)26(35)29(18,38)27(36)22(25(23)34)28(30)37/h10-11,14,16,18,20,22-23,32,38H,3-7,12-13H2,1-2H3,(H2,30,37)/t16-,18-,20?,22?,23-,29-/m1/s1. The van der Waals surface area contributed by atoms with Crippen LogP contribution in [-0.4, -0.2) is 69.9 Å². The molecule has 4 aliphatic carbocycles. The quantitative estimate of drug-likeness (QED) is 0.382. The van der Waals surface area contributed by atoms with Crippen molar-refractivity contribution in [3.05, 3.63) is 28.8 Å². The maximum atomic E-state index is 13.8. The molecule has 0 bridgehead atoms. The highest BCUT2D eigenvalue weighted by molar-refractivity contribution is 6.32. The van der Waals surface area contributed by atoms with Crippen LogP contribution in [0.25, 0.3) is 0 Å². The number of hydrogen-bond acceptors (Lipinski definition) is 8. The van der Waals surface area contributed by atoms with Gasteiger partial charge in [0.25, 0.3) is 0 Å². The van der Waals surface area contributed by atoms with Crippen molar-refractivity contribution in [2.24, 2.45) is 35.3 Å². The van der Waals surface area contributed by atoms with E-state index in [0.717, 1.165) is 25.7 Å². The molecule has 5 rings (SSSR count). The van der Waals surface area contributed by atoms with Crippen molar-refractivity contribution in [2.45, 2.75) is 56.6 Å². The molecule has 2 unspecified atom stereocenters. The predicted octanol–water partition coefficient (Wildman–Crippen LogP) is 0.799. The van der Waals surface area contributed by atoms with E-state index in [-0.39, 0.29) is 30.1 Å². The number of aliphatic hydroxyl groups is 1. The van der Waals surface area contributed by atoms with Gasteiger partial charge in [-0.15, -0.1) is 0 Å². The predicted molar refractivity (Wildman–Crippen MR) is 135 cm³/mol. The summed E-state index contributed by atoms with van der Waals surface area (Å²) in [6.45, 7) is 0. The van der Waals surface area contributed by atoms with Crippen LogP contribution >= 0.6 is 0 Å². The van der Waals surface area contributed by atoms with Gasteiger partial charge in [-0.2, -0.15) is 0 Å². The van der Waals surface area contributed by atoms with Crippen molar-refractivity contribution in [1.29, 1.82) is 0 Å². The first kappa shape index (κ1) is 26.3. The van der Waals surface area contributed by atoms with Crippen molar-refractivity contribution in [3.63, 3.8) is 0 Å². The summed E-state index contributed by atoms with van der Waals surface area (Å²) in [5.74, 6) is -3.64. The van der Waals surface area contributed by atoms with Gasteiger partial charge in [0, 0.05) is 17.4 Å². The van der Waals surface area contributed by atoms with Crippen LogP contribution in [0.4, 0.5) is 0 Å². The first-order valence-electron chi connectivity index (χ1n) is 13.2. The third kappa shape index (κ3) is 3.81. The minimum absolute atomic E-state index is 0.0213. The molecule has 1 aromatic carbocycles.